The lowest BCUT2D eigenvalue weighted by Crippen LogP contribution is -2.31. The Kier molecular flexibility index (Phi) is 3.84. The van der Waals surface area contributed by atoms with Gasteiger partial charge in [0.1, 0.15) is 5.67 Å². The van der Waals surface area contributed by atoms with Gasteiger partial charge in [-0.2, -0.15) is 0 Å². The van der Waals surface area contributed by atoms with Gasteiger partial charge >= 0.3 is 5.97 Å². The molecule has 2 unspecified atom stereocenters. The fourth-order valence-corrected chi connectivity index (χ4v) is 2.27. The Balaban J connectivity index is 2.12. The summed E-state index contributed by atoms with van der Waals surface area (Å²) in [6, 6.07) is 9.76. The zero-order valence-corrected chi connectivity index (χ0v) is 10.8. The average Bonchev–Trinajstić information content (AvgIpc) is 2.40. The molecule has 1 aliphatic rings. The molecule has 1 N–H and O–H groups in total. The van der Waals surface area contributed by atoms with E-state index < -0.39 is 17.6 Å². The van der Waals surface area contributed by atoms with Crippen molar-refractivity contribution in [3.05, 3.63) is 54.1 Å². The summed E-state index contributed by atoms with van der Waals surface area (Å²) in [6.07, 6.45) is 5.16. The van der Waals surface area contributed by atoms with Crippen LogP contribution >= 0.6 is 0 Å². The summed E-state index contributed by atoms with van der Waals surface area (Å²) in [5.41, 5.74) is 0.472. The van der Waals surface area contributed by atoms with Gasteiger partial charge in [-0.05, 0) is 17.2 Å². The summed E-state index contributed by atoms with van der Waals surface area (Å²) in [4.78, 5) is 10.7. The molecule has 19 heavy (non-hydrogen) atoms. The van der Waals surface area contributed by atoms with Crippen LogP contribution in [0.3, 0.4) is 0 Å². The number of aliphatic carboxylic acids is 1. The maximum Gasteiger partial charge on any atom is 0.303 e. The fourth-order valence-electron chi connectivity index (χ4n) is 2.27. The highest BCUT2D eigenvalue weighted by atomic mass is 19.1. The van der Waals surface area contributed by atoms with Crippen LogP contribution in [0.25, 0.3) is 5.57 Å². The molecule has 2 atom stereocenters. The third-order valence-electron chi connectivity index (χ3n) is 3.58. The molecule has 0 amide bonds. The highest BCUT2D eigenvalue weighted by Gasteiger charge is 2.35. The molecule has 0 fully saturated rings. The second-order valence-electron chi connectivity index (χ2n) is 4.99. The number of allylic oxidation sites excluding steroid dienone is 4. The predicted molar refractivity (Wildman–Crippen MR) is 73.4 cm³/mol. The molecule has 0 spiro atoms. The summed E-state index contributed by atoms with van der Waals surface area (Å²) >= 11 is 0. The molecule has 0 saturated heterocycles. The molecule has 0 aromatic heterocycles. The molecule has 3 heteroatoms. The van der Waals surface area contributed by atoms with Gasteiger partial charge in [0, 0.05) is 12.3 Å². The molecule has 1 aromatic rings. The zero-order valence-electron chi connectivity index (χ0n) is 10.8. The monoisotopic (exact) mass is 260 g/mol. The number of halogens is 1. The van der Waals surface area contributed by atoms with Gasteiger partial charge in [0.05, 0.1) is 6.42 Å². The van der Waals surface area contributed by atoms with E-state index in [1.165, 1.54) is 6.08 Å². The van der Waals surface area contributed by atoms with E-state index in [9.17, 15) is 9.18 Å². The smallest absolute Gasteiger partial charge is 0.303 e. The van der Waals surface area contributed by atoms with Gasteiger partial charge in [0.25, 0.3) is 0 Å². The van der Waals surface area contributed by atoms with Gasteiger partial charge in [0.2, 0.25) is 0 Å². The minimum atomic E-state index is -1.56. The first-order valence-corrected chi connectivity index (χ1v) is 6.37. The Hall–Kier alpha value is -1.90. The molecular formula is C16H17FO2. The number of benzene rings is 1. The van der Waals surface area contributed by atoms with Crippen molar-refractivity contribution in [1.29, 1.82) is 0 Å². The van der Waals surface area contributed by atoms with Crippen molar-refractivity contribution < 1.29 is 14.3 Å². The van der Waals surface area contributed by atoms with Crippen LogP contribution in [0, 0.1) is 5.92 Å². The normalized spacial score (nSPS) is 23.8. The first-order valence-electron chi connectivity index (χ1n) is 6.37. The number of hydrogen-bond donors (Lipinski definition) is 1. The molecule has 2 nitrogen and oxygen atoms in total. The van der Waals surface area contributed by atoms with Crippen LogP contribution in [-0.4, -0.2) is 16.7 Å². The number of carboxylic acids is 1. The number of carboxylic acid groups (broad SMARTS) is 1. The summed E-state index contributed by atoms with van der Waals surface area (Å²) in [7, 11) is 0. The van der Waals surface area contributed by atoms with Gasteiger partial charge < -0.3 is 5.11 Å². The third kappa shape index (κ3) is 3.11. The summed E-state index contributed by atoms with van der Waals surface area (Å²) in [6.45, 7) is 1.64. The van der Waals surface area contributed by atoms with Crippen LogP contribution in [0.15, 0.2) is 48.6 Å². The predicted octanol–water partition coefficient (Wildman–Crippen LogP) is 3.85. The quantitative estimate of drug-likeness (QED) is 0.892. The number of rotatable bonds is 4. The lowest BCUT2D eigenvalue weighted by Gasteiger charge is -2.29. The molecule has 1 aromatic carbocycles. The van der Waals surface area contributed by atoms with Crippen molar-refractivity contribution >= 4 is 11.5 Å². The largest absolute Gasteiger partial charge is 0.481 e. The Bertz CT molecular complexity index is 519. The molecule has 2 rings (SSSR count). The summed E-state index contributed by atoms with van der Waals surface area (Å²) in [5, 5.41) is 8.75. The second kappa shape index (κ2) is 5.39. The van der Waals surface area contributed by atoms with Crippen LogP contribution in [0.5, 0.6) is 0 Å². The van der Waals surface area contributed by atoms with Gasteiger partial charge in [0.15, 0.2) is 0 Å². The Morgan fingerprint density at radius 3 is 2.63 bits per heavy atom. The van der Waals surface area contributed by atoms with E-state index in [4.69, 9.17) is 5.11 Å². The van der Waals surface area contributed by atoms with Gasteiger partial charge in [-0.1, -0.05) is 49.4 Å². The average molecular weight is 260 g/mol. The Morgan fingerprint density at radius 1 is 1.42 bits per heavy atom. The molecule has 1 aliphatic carbocycles. The van der Waals surface area contributed by atoms with Gasteiger partial charge in [-0.3, -0.25) is 4.79 Å². The van der Waals surface area contributed by atoms with Crippen molar-refractivity contribution in [2.24, 2.45) is 5.92 Å². The summed E-state index contributed by atoms with van der Waals surface area (Å²) < 4.78 is 14.6. The SMILES string of the molecule is CC(CC(=O)O)C1(F)C=CC(c2ccccc2)=CC1. The van der Waals surface area contributed by atoms with E-state index in [2.05, 4.69) is 0 Å². The van der Waals surface area contributed by atoms with E-state index in [0.29, 0.717) is 0 Å². The highest BCUT2D eigenvalue weighted by Crippen LogP contribution is 2.36. The minimum absolute atomic E-state index is 0.157. The molecule has 0 aliphatic heterocycles. The standard InChI is InChI=1S/C16H17FO2/c1-12(11-15(18)19)16(17)9-7-14(8-10-16)13-5-3-2-4-6-13/h2-9,12H,10-11H2,1H3,(H,18,19). The van der Waals surface area contributed by atoms with Crippen molar-refractivity contribution in [1.82, 2.24) is 0 Å². The van der Waals surface area contributed by atoms with Crippen LogP contribution in [0.2, 0.25) is 0 Å². The first kappa shape index (κ1) is 13.5. The van der Waals surface area contributed by atoms with Gasteiger partial charge in [-0.15, -0.1) is 0 Å². The van der Waals surface area contributed by atoms with E-state index in [1.54, 1.807) is 13.0 Å². The highest BCUT2D eigenvalue weighted by molar-refractivity contribution is 5.75. The molecule has 100 valence electrons. The van der Waals surface area contributed by atoms with Crippen LogP contribution in [-0.2, 0) is 4.79 Å². The zero-order chi connectivity index (χ0) is 13.9. The lowest BCUT2D eigenvalue weighted by molar-refractivity contribution is -0.139. The van der Waals surface area contributed by atoms with E-state index >= 15 is 0 Å². The van der Waals surface area contributed by atoms with E-state index in [-0.39, 0.29) is 12.8 Å². The van der Waals surface area contributed by atoms with E-state index in [1.807, 2.05) is 36.4 Å². The maximum absolute atomic E-state index is 14.6. The van der Waals surface area contributed by atoms with Crippen molar-refractivity contribution in [2.75, 3.05) is 0 Å². The number of carbonyl (C=O) groups is 1. The van der Waals surface area contributed by atoms with Gasteiger partial charge in [-0.25, -0.2) is 4.39 Å². The lowest BCUT2D eigenvalue weighted by atomic mass is 9.81. The molecule has 0 bridgehead atoms. The summed E-state index contributed by atoms with van der Waals surface area (Å²) in [5.74, 6) is -1.49. The molecule has 0 radical (unpaired) electrons. The maximum atomic E-state index is 14.6. The molecular weight excluding hydrogens is 243 g/mol. The van der Waals surface area contributed by atoms with Crippen LogP contribution in [0.1, 0.15) is 25.3 Å². The number of hydrogen-bond acceptors (Lipinski definition) is 1. The Morgan fingerprint density at radius 2 is 2.11 bits per heavy atom. The Labute approximate surface area is 112 Å². The van der Waals surface area contributed by atoms with Crippen molar-refractivity contribution in [2.45, 2.75) is 25.4 Å². The van der Waals surface area contributed by atoms with Crippen molar-refractivity contribution in [3.8, 4) is 0 Å². The second-order valence-corrected chi connectivity index (χ2v) is 4.99. The first-order chi connectivity index (χ1) is 9.01. The third-order valence-corrected chi connectivity index (χ3v) is 3.58. The number of alkyl halides is 1. The molecule has 0 saturated carbocycles. The van der Waals surface area contributed by atoms with E-state index in [0.717, 1.165) is 11.1 Å². The van der Waals surface area contributed by atoms with Crippen molar-refractivity contribution in [3.63, 3.8) is 0 Å². The van der Waals surface area contributed by atoms with Crippen LogP contribution < -0.4 is 0 Å². The fraction of sp³-hybridized carbons (Fsp3) is 0.312. The van der Waals surface area contributed by atoms with Crippen LogP contribution in [0.4, 0.5) is 4.39 Å². The minimum Gasteiger partial charge on any atom is -0.481 e. The topological polar surface area (TPSA) is 37.3 Å². The molecule has 0 heterocycles.